The van der Waals surface area contributed by atoms with Crippen LogP contribution in [0.15, 0.2) is 22.7 Å². The summed E-state index contributed by atoms with van der Waals surface area (Å²) in [6.07, 6.45) is 0.251. The molecule has 0 aliphatic carbocycles. The highest BCUT2D eigenvalue weighted by molar-refractivity contribution is 9.10. The van der Waals surface area contributed by atoms with Crippen LogP contribution in [0.5, 0.6) is 5.75 Å². The number of rotatable bonds is 2. The second-order valence-corrected chi connectivity index (χ2v) is 3.53. The van der Waals surface area contributed by atoms with Gasteiger partial charge in [-0.25, -0.2) is 0 Å². The summed E-state index contributed by atoms with van der Waals surface area (Å²) in [4.78, 5) is 0. The Balaban J connectivity index is 2.91. The lowest BCUT2D eigenvalue weighted by Gasteiger charge is -2.08. The minimum atomic E-state index is -0.330. The van der Waals surface area contributed by atoms with Gasteiger partial charge in [-0.3, -0.25) is 0 Å². The zero-order chi connectivity index (χ0) is 9.84. The molecule has 0 aliphatic heterocycles. The van der Waals surface area contributed by atoms with Crippen molar-refractivity contribution in [3.8, 4) is 11.8 Å². The Morgan fingerprint density at radius 2 is 2.31 bits per heavy atom. The molecule has 68 valence electrons. The Bertz CT molecular complexity index is 346. The fraction of sp³-hybridized carbons (Fsp3) is 0.222. The predicted molar refractivity (Wildman–Crippen MR) is 53.0 cm³/mol. The molecule has 0 fully saturated rings. The van der Waals surface area contributed by atoms with Crippen LogP contribution in [0.3, 0.4) is 0 Å². The van der Waals surface area contributed by atoms with Gasteiger partial charge in [0, 0.05) is 6.04 Å². The minimum Gasteiger partial charge on any atom is -0.507 e. The highest BCUT2D eigenvalue weighted by Gasteiger charge is 2.07. The van der Waals surface area contributed by atoms with Crippen LogP contribution in [-0.2, 0) is 0 Å². The quantitative estimate of drug-likeness (QED) is 0.832. The lowest BCUT2D eigenvalue weighted by atomic mass is 10.1. The average molecular weight is 241 g/mol. The van der Waals surface area contributed by atoms with Gasteiger partial charge in [0.05, 0.1) is 17.0 Å². The smallest absolute Gasteiger partial charge is 0.130 e. The third-order valence-corrected chi connectivity index (χ3v) is 2.38. The monoisotopic (exact) mass is 240 g/mol. The number of aromatic hydroxyl groups is 1. The maximum atomic E-state index is 9.33. The molecule has 3 nitrogen and oxygen atoms in total. The van der Waals surface area contributed by atoms with E-state index < -0.39 is 0 Å². The van der Waals surface area contributed by atoms with Gasteiger partial charge in [0.15, 0.2) is 0 Å². The van der Waals surface area contributed by atoms with Crippen LogP contribution in [0, 0.1) is 11.3 Å². The zero-order valence-corrected chi connectivity index (χ0v) is 8.45. The number of phenolic OH excluding ortho intramolecular Hbond substituents is 1. The molecule has 0 spiro atoms. The van der Waals surface area contributed by atoms with E-state index in [1.165, 1.54) is 0 Å². The van der Waals surface area contributed by atoms with Crippen molar-refractivity contribution in [1.29, 1.82) is 5.26 Å². The lowest BCUT2D eigenvalue weighted by molar-refractivity contribution is 0.470. The van der Waals surface area contributed by atoms with Gasteiger partial charge in [-0.1, -0.05) is 6.07 Å². The Hall–Kier alpha value is -1.05. The fourth-order valence-corrected chi connectivity index (χ4v) is 1.22. The molecule has 0 radical (unpaired) electrons. The topological polar surface area (TPSA) is 70.0 Å². The first kappa shape index (κ1) is 10.0. The van der Waals surface area contributed by atoms with Crippen LogP contribution in [0.1, 0.15) is 18.0 Å². The predicted octanol–water partition coefficient (Wildman–Crippen LogP) is 2.07. The van der Waals surface area contributed by atoms with Crippen LogP contribution in [0.2, 0.25) is 0 Å². The molecule has 0 saturated heterocycles. The maximum absolute atomic E-state index is 9.33. The van der Waals surface area contributed by atoms with E-state index in [1.807, 2.05) is 6.07 Å². The second kappa shape index (κ2) is 4.26. The van der Waals surface area contributed by atoms with Crippen LogP contribution >= 0.6 is 15.9 Å². The SMILES string of the molecule is N#CCC(N)c1ccc(Br)c(O)c1. The summed E-state index contributed by atoms with van der Waals surface area (Å²) in [5.74, 6) is 0.144. The summed E-state index contributed by atoms with van der Waals surface area (Å²) in [7, 11) is 0. The second-order valence-electron chi connectivity index (χ2n) is 2.68. The molecule has 0 amide bonds. The van der Waals surface area contributed by atoms with E-state index in [4.69, 9.17) is 11.0 Å². The number of phenols is 1. The number of halogens is 1. The van der Waals surface area contributed by atoms with Crippen molar-refractivity contribution in [1.82, 2.24) is 0 Å². The Kier molecular flexibility index (Phi) is 3.29. The van der Waals surface area contributed by atoms with Crippen molar-refractivity contribution in [2.75, 3.05) is 0 Å². The Morgan fingerprint density at radius 3 is 2.85 bits per heavy atom. The van der Waals surface area contributed by atoms with E-state index >= 15 is 0 Å². The third kappa shape index (κ3) is 2.44. The number of benzene rings is 1. The standard InChI is InChI=1S/C9H9BrN2O/c10-7-2-1-6(5-9(7)13)8(12)3-4-11/h1-2,5,8,13H,3,12H2. The minimum absolute atomic E-state index is 0.144. The Morgan fingerprint density at radius 1 is 1.62 bits per heavy atom. The lowest BCUT2D eigenvalue weighted by Crippen LogP contribution is -2.08. The van der Waals surface area contributed by atoms with Gasteiger partial charge in [0.1, 0.15) is 5.75 Å². The van der Waals surface area contributed by atoms with E-state index in [0.29, 0.717) is 4.47 Å². The van der Waals surface area contributed by atoms with Gasteiger partial charge in [0.2, 0.25) is 0 Å². The first-order valence-corrected chi connectivity index (χ1v) is 4.55. The van der Waals surface area contributed by atoms with Gasteiger partial charge >= 0.3 is 0 Å². The highest BCUT2D eigenvalue weighted by atomic mass is 79.9. The summed E-state index contributed by atoms with van der Waals surface area (Å²) in [6, 6.07) is 6.71. The van der Waals surface area contributed by atoms with E-state index in [0.717, 1.165) is 5.56 Å². The summed E-state index contributed by atoms with van der Waals surface area (Å²) in [5, 5.41) is 17.8. The molecule has 1 aromatic carbocycles. The zero-order valence-electron chi connectivity index (χ0n) is 6.87. The first-order chi connectivity index (χ1) is 6.15. The number of nitrogens with two attached hydrogens (primary N) is 1. The van der Waals surface area contributed by atoms with Crippen LogP contribution in [-0.4, -0.2) is 5.11 Å². The summed E-state index contributed by atoms with van der Waals surface area (Å²) in [5.41, 5.74) is 6.44. The summed E-state index contributed by atoms with van der Waals surface area (Å²) in [6.45, 7) is 0. The molecular weight excluding hydrogens is 232 g/mol. The number of nitriles is 1. The van der Waals surface area contributed by atoms with Gasteiger partial charge in [-0.2, -0.15) is 5.26 Å². The summed E-state index contributed by atoms with van der Waals surface area (Å²) < 4.78 is 0.625. The molecule has 3 N–H and O–H groups in total. The van der Waals surface area contributed by atoms with Crippen LogP contribution < -0.4 is 5.73 Å². The molecule has 1 unspecified atom stereocenters. The molecule has 0 aliphatic rings. The van der Waals surface area contributed by atoms with Crippen LogP contribution in [0.4, 0.5) is 0 Å². The van der Waals surface area contributed by atoms with E-state index in [1.54, 1.807) is 18.2 Å². The number of hydrogen-bond acceptors (Lipinski definition) is 3. The average Bonchev–Trinajstić information content (AvgIpc) is 2.10. The largest absolute Gasteiger partial charge is 0.507 e. The molecule has 0 bridgehead atoms. The molecule has 0 aromatic heterocycles. The van der Waals surface area contributed by atoms with Gasteiger partial charge in [-0.15, -0.1) is 0 Å². The summed E-state index contributed by atoms with van der Waals surface area (Å²) >= 11 is 3.16. The highest BCUT2D eigenvalue weighted by Crippen LogP contribution is 2.27. The number of hydrogen-bond donors (Lipinski definition) is 2. The van der Waals surface area contributed by atoms with Crippen molar-refractivity contribution in [3.63, 3.8) is 0 Å². The number of nitrogens with zero attached hydrogens (tertiary/aromatic N) is 1. The van der Waals surface area contributed by atoms with Gasteiger partial charge < -0.3 is 10.8 Å². The van der Waals surface area contributed by atoms with E-state index in [9.17, 15) is 5.11 Å². The van der Waals surface area contributed by atoms with Crippen molar-refractivity contribution in [3.05, 3.63) is 28.2 Å². The fourth-order valence-electron chi connectivity index (χ4n) is 0.977. The molecule has 0 saturated carbocycles. The molecule has 0 heterocycles. The van der Waals surface area contributed by atoms with E-state index in [-0.39, 0.29) is 18.2 Å². The molecule has 13 heavy (non-hydrogen) atoms. The first-order valence-electron chi connectivity index (χ1n) is 3.76. The molecular formula is C9H9BrN2O. The third-order valence-electron chi connectivity index (χ3n) is 1.71. The molecule has 4 heteroatoms. The van der Waals surface area contributed by atoms with Crippen molar-refractivity contribution < 1.29 is 5.11 Å². The molecule has 1 atom stereocenters. The normalized spacial score (nSPS) is 12.1. The van der Waals surface area contributed by atoms with Crippen molar-refractivity contribution in [2.24, 2.45) is 5.73 Å². The molecule has 1 rings (SSSR count). The molecule has 1 aromatic rings. The van der Waals surface area contributed by atoms with Gasteiger partial charge in [-0.05, 0) is 33.6 Å². The van der Waals surface area contributed by atoms with Crippen molar-refractivity contribution >= 4 is 15.9 Å². The van der Waals surface area contributed by atoms with Crippen molar-refractivity contribution in [2.45, 2.75) is 12.5 Å². The maximum Gasteiger partial charge on any atom is 0.130 e. The van der Waals surface area contributed by atoms with E-state index in [2.05, 4.69) is 15.9 Å². The Labute approximate surface area is 84.9 Å². The van der Waals surface area contributed by atoms with Crippen LogP contribution in [0.25, 0.3) is 0 Å². The van der Waals surface area contributed by atoms with Gasteiger partial charge in [0.25, 0.3) is 0 Å².